The first-order valence-corrected chi connectivity index (χ1v) is 15.5. The van der Waals surface area contributed by atoms with E-state index in [1.54, 1.807) is 0 Å². The predicted octanol–water partition coefficient (Wildman–Crippen LogP) is -0.561. The van der Waals surface area contributed by atoms with E-state index in [2.05, 4.69) is 38.3 Å². The number of nitrogens with one attached hydrogen (secondary N) is 1. The molecule has 5 atom stereocenters. The van der Waals surface area contributed by atoms with Crippen LogP contribution in [0.3, 0.4) is 0 Å². The Kier molecular flexibility index (Phi) is 7.49. The van der Waals surface area contributed by atoms with Gasteiger partial charge in [-0.25, -0.2) is 23.1 Å². The van der Waals surface area contributed by atoms with E-state index in [0.29, 0.717) is 11.2 Å². The maximum absolute atomic E-state index is 12.3. The largest absolute Gasteiger partial charge is 0.387 e. The van der Waals surface area contributed by atoms with Gasteiger partial charge in [-0.15, -0.1) is 0 Å². The van der Waals surface area contributed by atoms with Gasteiger partial charge in [0.25, 0.3) is 0 Å². The number of hydrogen-bond acceptors (Lipinski definition) is 11. The molecule has 1 fully saturated rings. The Balaban J connectivity index is 1.48. The highest BCUT2D eigenvalue weighted by Crippen LogP contribution is 2.39. The molecule has 0 unspecified atom stereocenters. The van der Waals surface area contributed by atoms with Crippen molar-refractivity contribution >= 4 is 34.3 Å². The normalized spacial score (nSPS) is 24.9. The summed E-state index contributed by atoms with van der Waals surface area (Å²) in [7, 11) is -9.23. The quantitative estimate of drug-likeness (QED) is 0.153. The van der Waals surface area contributed by atoms with Gasteiger partial charge in [0, 0.05) is 0 Å². The summed E-state index contributed by atoms with van der Waals surface area (Å²) in [5.41, 5.74) is 1.08. The van der Waals surface area contributed by atoms with E-state index in [-0.39, 0.29) is 17.5 Å². The smallest absolute Gasteiger partial charge is 0.340 e. The van der Waals surface area contributed by atoms with Gasteiger partial charge in [0.05, 0.1) is 23.4 Å². The fourth-order valence-corrected chi connectivity index (χ4v) is 8.14. The zero-order chi connectivity index (χ0) is 27.9. The fourth-order valence-electron chi connectivity index (χ4n) is 4.90. The maximum atomic E-state index is 12.3. The van der Waals surface area contributed by atoms with Crippen molar-refractivity contribution in [2.75, 3.05) is 23.2 Å². The monoisotopic (exact) mass is 579 g/mol. The third-order valence-electron chi connectivity index (χ3n) is 6.54. The Hall–Kier alpha value is -2.93. The van der Waals surface area contributed by atoms with Gasteiger partial charge in [0.2, 0.25) is 5.82 Å². The van der Waals surface area contributed by atoms with Crippen LogP contribution in [0.5, 0.6) is 0 Å². The molecule has 2 aliphatic rings. The molecular weight excluding hydrogens is 553 g/mol. The number of ether oxygens (including phenoxy) is 1. The third kappa shape index (κ3) is 5.84. The van der Waals surface area contributed by atoms with Crippen LogP contribution >= 0.6 is 7.60 Å². The zero-order valence-corrected chi connectivity index (χ0v) is 22.0. The summed E-state index contributed by atoms with van der Waals surface area (Å²) in [6.45, 7) is -0.430. The molecule has 1 aliphatic carbocycles. The van der Waals surface area contributed by atoms with Crippen molar-refractivity contribution in [3.63, 3.8) is 0 Å². The second-order valence-corrected chi connectivity index (χ2v) is 13.5. The Morgan fingerprint density at radius 3 is 2.69 bits per heavy atom. The SMILES string of the molecule is O=P(O)(O)CS(=O)(=O)C[C@H]1O[C@@H](n2ncc3c(N[C@@H]4CCc5ccccc54)nc(C#CCO)nc32)[C@H](O)[C@@H]1O. The molecule has 5 rings (SSSR count). The number of aliphatic hydroxyl groups excluding tert-OH is 3. The highest BCUT2D eigenvalue weighted by molar-refractivity contribution is 7.97. The molecule has 39 heavy (non-hydrogen) atoms. The number of aromatic nitrogens is 4. The van der Waals surface area contributed by atoms with E-state index in [0.717, 1.165) is 18.4 Å². The summed E-state index contributed by atoms with van der Waals surface area (Å²) >= 11 is 0. The number of benzene rings is 1. The van der Waals surface area contributed by atoms with Crippen LogP contribution in [0.25, 0.3) is 11.0 Å². The number of anilines is 1. The molecule has 0 amide bonds. The molecule has 0 radical (unpaired) electrons. The van der Waals surface area contributed by atoms with Crippen molar-refractivity contribution in [1.82, 2.24) is 19.7 Å². The number of sulfone groups is 1. The van der Waals surface area contributed by atoms with Gasteiger partial charge < -0.3 is 35.2 Å². The van der Waals surface area contributed by atoms with Gasteiger partial charge in [-0.3, -0.25) is 4.57 Å². The molecule has 0 bridgehead atoms. The molecule has 14 nitrogen and oxygen atoms in total. The van der Waals surface area contributed by atoms with E-state index in [4.69, 9.17) is 19.6 Å². The van der Waals surface area contributed by atoms with Crippen LogP contribution < -0.4 is 5.32 Å². The van der Waals surface area contributed by atoms with E-state index in [1.807, 2.05) is 18.2 Å². The second kappa shape index (κ2) is 10.6. The van der Waals surface area contributed by atoms with Crippen molar-refractivity contribution < 1.29 is 42.8 Å². The summed E-state index contributed by atoms with van der Waals surface area (Å²) < 4.78 is 42.5. The van der Waals surface area contributed by atoms with Gasteiger partial charge in [0.15, 0.2) is 27.2 Å². The number of rotatable bonds is 7. The highest BCUT2D eigenvalue weighted by atomic mass is 32.2. The first kappa shape index (κ1) is 27.6. The van der Waals surface area contributed by atoms with Crippen LogP contribution in [-0.4, -0.2) is 89.4 Å². The van der Waals surface area contributed by atoms with Crippen LogP contribution in [-0.2, 0) is 25.6 Å². The summed E-state index contributed by atoms with van der Waals surface area (Å²) in [6, 6.07) is 7.95. The van der Waals surface area contributed by atoms with Gasteiger partial charge in [-0.2, -0.15) is 5.10 Å². The van der Waals surface area contributed by atoms with Gasteiger partial charge in [0.1, 0.15) is 30.7 Å². The molecule has 1 aromatic carbocycles. The molecule has 0 spiro atoms. The molecule has 0 saturated carbocycles. The minimum atomic E-state index is -4.89. The lowest BCUT2D eigenvalue weighted by Crippen LogP contribution is -2.36. The number of hydrogen-bond donors (Lipinski definition) is 6. The Morgan fingerprint density at radius 2 is 1.95 bits per heavy atom. The van der Waals surface area contributed by atoms with Crippen molar-refractivity contribution in [3.05, 3.63) is 47.4 Å². The van der Waals surface area contributed by atoms with Crippen LogP contribution in [0.4, 0.5) is 5.82 Å². The Morgan fingerprint density at radius 1 is 1.18 bits per heavy atom. The van der Waals surface area contributed by atoms with Gasteiger partial charge in [-0.05, 0) is 29.9 Å². The molecule has 208 valence electrons. The summed E-state index contributed by atoms with van der Waals surface area (Å²) in [5.74, 6) is 4.64. The topological polar surface area (TPSA) is 217 Å². The number of fused-ring (bicyclic) bond motifs is 2. The number of nitrogens with zero attached hydrogens (tertiary/aromatic N) is 4. The summed E-state index contributed by atoms with van der Waals surface area (Å²) in [5, 5.41) is 38.5. The lowest BCUT2D eigenvalue weighted by atomic mass is 10.1. The van der Waals surface area contributed by atoms with E-state index in [1.165, 1.54) is 16.4 Å². The summed E-state index contributed by atoms with van der Waals surface area (Å²) in [6.07, 6.45) is -3.05. The third-order valence-corrected chi connectivity index (χ3v) is 10.3. The second-order valence-electron chi connectivity index (χ2n) is 9.37. The molecule has 3 heterocycles. The lowest BCUT2D eigenvalue weighted by Gasteiger charge is -2.17. The molecule has 1 aliphatic heterocycles. The number of aliphatic hydroxyl groups is 3. The minimum Gasteiger partial charge on any atom is -0.387 e. The molecule has 1 saturated heterocycles. The minimum absolute atomic E-state index is 0.0425. The number of aryl methyl sites for hydroxylation is 1. The van der Waals surface area contributed by atoms with Crippen molar-refractivity contribution in [1.29, 1.82) is 0 Å². The van der Waals surface area contributed by atoms with Gasteiger partial charge >= 0.3 is 7.60 Å². The van der Waals surface area contributed by atoms with E-state index in [9.17, 15) is 23.2 Å². The predicted molar refractivity (Wildman–Crippen MR) is 137 cm³/mol. The van der Waals surface area contributed by atoms with E-state index < -0.39 is 59.8 Å². The Labute approximate surface area is 222 Å². The van der Waals surface area contributed by atoms with Crippen LogP contribution in [0.1, 0.15) is 35.6 Å². The fraction of sp³-hybridized carbons (Fsp3) is 0.435. The molecule has 16 heteroatoms. The molecular formula is C23H26N5O9PS. The maximum Gasteiger partial charge on any atom is 0.340 e. The standard InChI is InChI=1S/C23H26N5O9PS/c29-9-3-6-18-26-21(25-16-8-7-13-4-1-2-5-14(13)16)15-10-24-28(22(15)27-18)23-20(31)19(30)17(37-23)11-39(35,36)12-38(32,33)34/h1-2,4-5,10,16-17,19-20,23,29-31H,7-9,11-12H2,(H,25,26,27)(H2,32,33,34)/t16-,17-,19-,20-,23-/m1/s1. The highest BCUT2D eigenvalue weighted by Gasteiger charge is 2.47. The molecule has 3 aromatic rings. The zero-order valence-electron chi connectivity index (χ0n) is 20.3. The van der Waals surface area contributed by atoms with Crippen molar-refractivity contribution in [2.24, 2.45) is 0 Å². The van der Waals surface area contributed by atoms with Crippen molar-refractivity contribution in [3.8, 4) is 11.8 Å². The van der Waals surface area contributed by atoms with Crippen molar-refractivity contribution in [2.45, 2.75) is 43.4 Å². The first-order valence-electron chi connectivity index (χ1n) is 11.9. The Bertz CT molecular complexity index is 1610. The van der Waals surface area contributed by atoms with Gasteiger partial charge in [-0.1, -0.05) is 30.2 Å². The van der Waals surface area contributed by atoms with Crippen LogP contribution in [0.2, 0.25) is 0 Å². The van der Waals surface area contributed by atoms with Crippen LogP contribution in [0.15, 0.2) is 30.5 Å². The van der Waals surface area contributed by atoms with Crippen LogP contribution in [0, 0.1) is 11.8 Å². The summed E-state index contributed by atoms with van der Waals surface area (Å²) in [4.78, 5) is 27.0. The molecule has 2 aromatic heterocycles. The van der Waals surface area contributed by atoms with E-state index >= 15 is 0 Å². The first-order chi connectivity index (χ1) is 18.5. The lowest BCUT2D eigenvalue weighted by molar-refractivity contribution is -0.0364. The molecule has 6 N–H and O–H groups in total. The average molecular weight is 580 g/mol. The average Bonchev–Trinajstić information content (AvgIpc) is 3.54.